The molecule has 1 aliphatic rings. The van der Waals surface area contributed by atoms with Gasteiger partial charge in [-0.3, -0.25) is 4.79 Å². The number of hydrogen-bond donors (Lipinski definition) is 1. The van der Waals surface area contributed by atoms with Gasteiger partial charge in [-0.25, -0.2) is 0 Å². The third-order valence-electron chi connectivity index (χ3n) is 3.47. The standard InChI is InChI=1S/C15H22N2O/c1-3-8-17(10-12-4-5-12)15(18)13-6-7-14(16)11(2)9-13/h6-7,9,12H,3-5,8,10,16H2,1-2H3. The minimum atomic E-state index is 0.145. The summed E-state index contributed by atoms with van der Waals surface area (Å²) in [5, 5.41) is 0. The van der Waals surface area contributed by atoms with E-state index in [9.17, 15) is 4.79 Å². The monoisotopic (exact) mass is 246 g/mol. The summed E-state index contributed by atoms with van der Waals surface area (Å²) in [6.07, 6.45) is 3.55. The highest BCUT2D eigenvalue weighted by molar-refractivity contribution is 5.94. The maximum atomic E-state index is 12.4. The predicted octanol–water partition coefficient (Wildman–Crippen LogP) is 2.84. The number of nitrogens with two attached hydrogens (primary N) is 1. The lowest BCUT2D eigenvalue weighted by molar-refractivity contribution is 0.0747. The Labute approximate surface area is 109 Å². The van der Waals surface area contributed by atoms with Gasteiger partial charge in [0, 0.05) is 24.3 Å². The maximum absolute atomic E-state index is 12.4. The Hall–Kier alpha value is -1.51. The van der Waals surface area contributed by atoms with E-state index in [2.05, 4.69) is 6.92 Å². The summed E-state index contributed by atoms with van der Waals surface area (Å²) in [6, 6.07) is 5.55. The molecule has 0 aromatic heterocycles. The highest BCUT2D eigenvalue weighted by Gasteiger charge is 2.26. The van der Waals surface area contributed by atoms with Gasteiger partial charge < -0.3 is 10.6 Å². The SMILES string of the molecule is CCCN(CC1CC1)C(=O)c1ccc(N)c(C)c1. The molecule has 0 spiro atoms. The number of aryl methyl sites for hydroxylation is 1. The van der Waals surface area contributed by atoms with Crippen LogP contribution in [0.3, 0.4) is 0 Å². The van der Waals surface area contributed by atoms with E-state index in [1.807, 2.05) is 30.0 Å². The number of nitrogens with zero attached hydrogens (tertiary/aromatic N) is 1. The summed E-state index contributed by atoms with van der Waals surface area (Å²) in [5.41, 5.74) is 8.27. The summed E-state index contributed by atoms with van der Waals surface area (Å²) in [7, 11) is 0. The van der Waals surface area contributed by atoms with E-state index < -0.39 is 0 Å². The summed E-state index contributed by atoms with van der Waals surface area (Å²) < 4.78 is 0. The molecule has 2 rings (SSSR count). The first-order chi connectivity index (χ1) is 8.61. The van der Waals surface area contributed by atoms with Crippen LogP contribution >= 0.6 is 0 Å². The Morgan fingerprint density at radius 1 is 1.44 bits per heavy atom. The van der Waals surface area contributed by atoms with Crippen molar-refractivity contribution in [1.82, 2.24) is 4.90 Å². The Bertz CT molecular complexity index is 438. The number of rotatable bonds is 5. The molecule has 0 aliphatic heterocycles. The van der Waals surface area contributed by atoms with Crippen LogP contribution in [0.25, 0.3) is 0 Å². The molecule has 1 aromatic rings. The molecule has 0 unspecified atom stereocenters. The first-order valence-corrected chi connectivity index (χ1v) is 6.77. The van der Waals surface area contributed by atoms with Gasteiger partial charge in [0.15, 0.2) is 0 Å². The quantitative estimate of drug-likeness (QED) is 0.812. The van der Waals surface area contributed by atoms with Crippen LogP contribution in [-0.2, 0) is 0 Å². The molecule has 1 amide bonds. The van der Waals surface area contributed by atoms with Crippen molar-refractivity contribution in [1.29, 1.82) is 0 Å². The van der Waals surface area contributed by atoms with Crippen molar-refractivity contribution in [3.63, 3.8) is 0 Å². The molecular formula is C15H22N2O. The minimum Gasteiger partial charge on any atom is -0.399 e. The second kappa shape index (κ2) is 5.42. The number of carbonyl (C=O) groups is 1. The lowest BCUT2D eigenvalue weighted by Gasteiger charge is -2.22. The van der Waals surface area contributed by atoms with Gasteiger partial charge in [0.05, 0.1) is 0 Å². The lowest BCUT2D eigenvalue weighted by atomic mass is 10.1. The molecule has 18 heavy (non-hydrogen) atoms. The first kappa shape index (κ1) is 12.9. The molecule has 2 N–H and O–H groups in total. The first-order valence-electron chi connectivity index (χ1n) is 6.77. The largest absolute Gasteiger partial charge is 0.399 e. The number of amides is 1. The average molecular weight is 246 g/mol. The van der Waals surface area contributed by atoms with E-state index in [4.69, 9.17) is 5.73 Å². The van der Waals surface area contributed by atoms with Crippen LogP contribution in [0.1, 0.15) is 42.1 Å². The van der Waals surface area contributed by atoms with Gasteiger partial charge in [-0.15, -0.1) is 0 Å². The van der Waals surface area contributed by atoms with Gasteiger partial charge in [0.25, 0.3) is 5.91 Å². The average Bonchev–Trinajstić information content (AvgIpc) is 3.15. The van der Waals surface area contributed by atoms with Crippen molar-refractivity contribution < 1.29 is 4.79 Å². The summed E-state index contributed by atoms with van der Waals surface area (Å²) in [6.45, 7) is 5.81. The zero-order valence-electron chi connectivity index (χ0n) is 11.3. The van der Waals surface area contributed by atoms with Gasteiger partial charge in [0.1, 0.15) is 0 Å². The highest BCUT2D eigenvalue weighted by atomic mass is 16.2. The van der Waals surface area contributed by atoms with Gasteiger partial charge >= 0.3 is 0 Å². The fraction of sp³-hybridized carbons (Fsp3) is 0.533. The van der Waals surface area contributed by atoms with Crippen LogP contribution in [-0.4, -0.2) is 23.9 Å². The highest BCUT2D eigenvalue weighted by Crippen LogP contribution is 2.30. The fourth-order valence-corrected chi connectivity index (χ4v) is 2.15. The normalized spacial score (nSPS) is 14.6. The molecule has 0 bridgehead atoms. The van der Waals surface area contributed by atoms with Crippen molar-refractivity contribution in [2.75, 3.05) is 18.8 Å². The molecule has 1 saturated carbocycles. The number of anilines is 1. The van der Waals surface area contributed by atoms with Crippen molar-refractivity contribution in [3.8, 4) is 0 Å². The molecule has 3 nitrogen and oxygen atoms in total. The van der Waals surface area contributed by atoms with Crippen LogP contribution < -0.4 is 5.73 Å². The van der Waals surface area contributed by atoms with Gasteiger partial charge in [-0.1, -0.05) is 6.92 Å². The smallest absolute Gasteiger partial charge is 0.253 e. The Morgan fingerprint density at radius 3 is 2.72 bits per heavy atom. The Balaban J connectivity index is 2.12. The zero-order valence-corrected chi connectivity index (χ0v) is 11.3. The Kier molecular flexibility index (Phi) is 3.90. The van der Waals surface area contributed by atoms with E-state index in [1.165, 1.54) is 12.8 Å². The van der Waals surface area contributed by atoms with E-state index in [0.717, 1.165) is 42.2 Å². The third kappa shape index (κ3) is 3.03. The lowest BCUT2D eigenvalue weighted by Crippen LogP contribution is -2.33. The van der Waals surface area contributed by atoms with E-state index in [-0.39, 0.29) is 5.91 Å². The molecule has 0 radical (unpaired) electrons. The molecule has 0 atom stereocenters. The molecule has 0 heterocycles. The number of hydrogen-bond acceptors (Lipinski definition) is 2. The van der Waals surface area contributed by atoms with E-state index >= 15 is 0 Å². The zero-order chi connectivity index (χ0) is 13.1. The molecular weight excluding hydrogens is 224 g/mol. The van der Waals surface area contributed by atoms with E-state index in [0.29, 0.717) is 0 Å². The predicted molar refractivity (Wildman–Crippen MR) is 74.5 cm³/mol. The van der Waals surface area contributed by atoms with Crippen LogP contribution in [0.5, 0.6) is 0 Å². The maximum Gasteiger partial charge on any atom is 0.253 e. The molecule has 1 aromatic carbocycles. The molecule has 1 fully saturated rings. The fourth-order valence-electron chi connectivity index (χ4n) is 2.15. The number of nitrogen functional groups attached to an aromatic ring is 1. The van der Waals surface area contributed by atoms with Crippen molar-refractivity contribution >= 4 is 11.6 Å². The van der Waals surface area contributed by atoms with Crippen LogP contribution in [0.4, 0.5) is 5.69 Å². The molecule has 1 aliphatic carbocycles. The van der Waals surface area contributed by atoms with Crippen molar-refractivity contribution in [2.24, 2.45) is 5.92 Å². The molecule has 98 valence electrons. The van der Waals surface area contributed by atoms with Crippen LogP contribution in [0.15, 0.2) is 18.2 Å². The van der Waals surface area contributed by atoms with Gasteiger partial charge in [0.2, 0.25) is 0 Å². The topological polar surface area (TPSA) is 46.3 Å². The third-order valence-corrected chi connectivity index (χ3v) is 3.47. The second-order valence-corrected chi connectivity index (χ2v) is 5.27. The number of benzene rings is 1. The minimum absolute atomic E-state index is 0.145. The van der Waals surface area contributed by atoms with Gasteiger partial charge in [-0.2, -0.15) is 0 Å². The molecule has 0 saturated heterocycles. The second-order valence-electron chi connectivity index (χ2n) is 5.27. The Morgan fingerprint density at radius 2 is 2.17 bits per heavy atom. The van der Waals surface area contributed by atoms with Crippen molar-refractivity contribution in [2.45, 2.75) is 33.1 Å². The van der Waals surface area contributed by atoms with Crippen LogP contribution in [0.2, 0.25) is 0 Å². The van der Waals surface area contributed by atoms with Gasteiger partial charge in [-0.05, 0) is 55.9 Å². The summed E-state index contributed by atoms with van der Waals surface area (Å²) in [5.74, 6) is 0.877. The summed E-state index contributed by atoms with van der Waals surface area (Å²) in [4.78, 5) is 14.4. The summed E-state index contributed by atoms with van der Waals surface area (Å²) >= 11 is 0. The van der Waals surface area contributed by atoms with Crippen LogP contribution in [0, 0.1) is 12.8 Å². The van der Waals surface area contributed by atoms with Crippen molar-refractivity contribution in [3.05, 3.63) is 29.3 Å². The molecule has 3 heteroatoms. The van der Waals surface area contributed by atoms with E-state index in [1.54, 1.807) is 0 Å². The number of carbonyl (C=O) groups excluding carboxylic acids is 1.